The number of amides is 1. The fraction of sp³-hybridized carbons (Fsp3) is 0.231. The number of anilines is 1. The van der Waals surface area contributed by atoms with Gasteiger partial charge >= 0.3 is 0 Å². The molecule has 2 aromatic heterocycles. The van der Waals surface area contributed by atoms with E-state index < -0.39 is 11.1 Å². The molecule has 1 aromatic carbocycles. The Morgan fingerprint density at radius 1 is 1.19 bits per heavy atom. The molecule has 0 unspecified atom stereocenters. The molecule has 0 saturated carbocycles. The SMILES string of the molecule is C=CC(=O)Cl.C=CC(=O)N1CCN(c2nc(CO)cc3nc(-c4ccccc4F)c(Cl)cc23)[C@@H](C)C1. The van der Waals surface area contributed by atoms with Crippen molar-refractivity contribution < 1.29 is 19.1 Å². The van der Waals surface area contributed by atoms with E-state index in [9.17, 15) is 19.1 Å². The van der Waals surface area contributed by atoms with Gasteiger partial charge in [-0.15, -0.1) is 0 Å². The fourth-order valence-corrected chi connectivity index (χ4v) is 4.18. The minimum atomic E-state index is -0.509. The van der Waals surface area contributed by atoms with Crippen LogP contribution >= 0.6 is 23.2 Å². The lowest BCUT2D eigenvalue weighted by atomic mass is 10.1. The molecule has 4 rings (SSSR count). The quantitative estimate of drug-likeness (QED) is 0.378. The van der Waals surface area contributed by atoms with Crippen LogP contribution in [-0.2, 0) is 16.2 Å². The Labute approximate surface area is 218 Å². The van der Waals surface area contributed by atoms with Crippen molar-refractivity contribution in [3.05, 3.63) is 78.2 Å². The Bertz CT molecular complexity index is 1320. The van der Waals surface area contributed by atoms with Crippen molar-refractivity contribution >= 4 is 51.1 Å². The van der Waals surface area contributed by atoms with E-state index >= 15 is 0 Å². The number of aromatic nitrogens is 2. The summed E-state index contributed by atoms with van der Waals surface area (Å²) in [6.07, 6.45) is 2.36. The van der Waals surface area contributed by atoms with Crippen LogP contribution in [0.25, 0.3) is 22.2 Å². The standard InChI is InChI=1S/C23H22ClFN4O2.C3H3ClO/c1-3-21(31)28-8-9-29(14(2)12-28)23-17-11-18(24)22(16-6-4-5-7-19(16)25)27-20(17)10-15(13-30)26-23;1-2-3(4)5/h3-7,10-11,14,30H,1,8-9,12-13H2,2H3;2H,1H2/t14-;/m0./s1. The van der Waals surface area contributed by atoms with Gasteiger partial charge in [0.2, 0.25) is 11.1 Å². The molecular weight excluding hydrogens is 506 g/mol. The number of aliphatic hydroxyl groups is 1. The summed E-state index contributed by atoms with van der Waals surface area (Å²) in [5, 5.41) is 10.3. The van der Waals surface area contributed by atoms with E-state index in [-0.39, 0.29) is 18.6 Å². The summed E-state index contributed by atoms with van der Waals surface area (Å²) >= 11 is 11.2. The number of pyridine rings is 2. The average molecular weight is 531 g/mol. The molecule has 1 fully saturated rings. The first-order valence-corrected chi connectivity index (χ1v) is 11.8. The highest BCUT2D eigenvalue weighted by atomic mass is 35.5. The molecule has 0 aliphatic carbocycles. The molecule has 0 bridgehead atoms. The molecule has 0 radical (unpaired) electrons. The highest BCUT2D eigenvalue weighted by Crippen LogP contribution is 2.35. The highest BCUT2D eigenvalue weighted by Gasteiger charge is 2.28. The molecule has 0 spiro atoms. The molecule has 1 amide bonds. The van der Waals surface area contributed by atoms with Crippen molar-refractivity contribution in [2.75, 3.05) is 24.5 Å². The summed E-state index contributed by atoms with van der Waals surface area (Å²) in [6, 6.07) is 9.72. The van der Waals surface area contributed by atoms with Crippen LogP contribution in [0.5, 0.6) is 0 Å². The molecular formula is C26H25Cl2FN4O3. The number of aliphatic hydroxyl groups excluding tert-OH is 1. The van der Waals surface area contributed by atoms with E-state index in [2.05, 4.69) is 28.0 Å². The van der Waals surface area contributed by atoms with Crippen LogP contribution in [0.1, 0.15) is 12.6 Å². The predicted octanol–water partition coefficient (Wildman–Crippen LogP) is 4.74. The second kappa shape index (κ2) is 12.1. The minimum Gasteiger partial charge on any atom is -0.390 e. The number of rotatable bonds is 5. The highest BCUT2D eigenvalue weighted by molar-refractivity contribution is 6.66. The maximum Gasteiger partial charge on any atom is 0.246 e. The summed E-state index contributed by atoms with van der Waals surface area (Å²) < 4.78 is 14.4. The number of halogens is 3. The largest absolute Gasteiger partial charge is 0.390 e. The summed E-state index contributed by atoms with van der Waals surface area (Å²) in [7, 11) is 0. The van der Waals surface area contributed by atoms with E-state index in [0.717, 1.165) is 6.08 Å². The van der Waals surface area contributed by atoms with Crippen molar-refractivity contribution in [2.45, 2.75) is 19.6 Å². The second-order valence-corrected chi connectivity index (χ2v) is 8.78. The van der Waals surface area contributed by atoms with Crippen molar-refractivity contribution in [3.8, 4) is 11.3 Å². The molecule has 1 atom stereocenters. The first-order valence-electron chi connectivity index (χ1n) is 11.1. The van der Waals surface area contributed by atoms with Gasteiger partial charge in [0.05, 0.1) is 28.5 Å². The predicted molar refractivity (Wildman–Crippen MR) is 141 cm³/mol. The number of hydrogen-bond acceptors (Lipinski definition) is 6. The third-order valence-corrected chi connectivity index (χ3v) is 6.08. The molecule has 3 heterocycles. The van der Waals surface area contributed by atoms with Gasteiger partial charge in [-0.1, -0.05) is 36.9 Å². The lowest BCUT2D eigenvalue weighted by Gasteiger charge is -2.40. The monoisotopic (exact) mass is 530 g/mol. The number of piperazine rings is 1. The van der Waals surface area contributed by atoms with Crippen LogP contribution in [0.4, 0.5) is 10.2 Å². The Morgan fingerprint density at radius 2 is 1.89 bits per heavy atom. The first-order chi connectivity index (χ1) is 17.2. The van der Waals surface area contributed by atoms with Crippen molar-refractivity contribution in [3.63, 3.8) is 0 Å². The number of hydrogen-bond donors (Lipinski definition) is 1. The Kier molecular flexibility index (Phi) is 9.14. The zero-order valence-corrected chi connectivity index (χ0v) is 21.1. The van der Waals surface area contributed by atoms with E-state index in [1.54, 1.807) is 35.2 Å². The van der Waals surface area contributed by atoms with Gasteiger partial charge < -0.3 is 14.9 Å². The van der Waals surface area contributed by atoms with Crippen LogP contribution in [0, 0.1) is 5.82 Å². The third kappa shape index (κ3) is 6.07. The normalized spacial score (nSPS) is 15.2. The van der Waals surface area contributed by atoms with Crippen LogP contribution in [-0.4, -0.2) is 56.8 Å². The van der Waals surface area contributed by atoms with Crippen LogP contribution in [0.2, 0.25) is 5.02 Å². The first kappa shape index (κ1) is 27.3. The summed E-state index contributed by atoms with van der Waals surface area (Å²) in [4.78, 5) is 34.5. The van der Waals surface area contributed by atoms with Gasteiger partial charge in [-0.2, -0.15) is 0 Å². The van der Waals surface area contributed by atoms with Crippen molar-refractivity contribution in [1.29, 1.82) is 0 Å². The number of nitrogens with zero attached hydrogens (tertiary/aromatic N) is 4. The number of benzene rings is 1. The number of allylic oxidation sites excluding steroid dienone is 1. The molecule has 36 heavy (non-hydrogen) atoms. The maximum atomic E-state index is 14.4. The molecule has 1 N–H and O–H groups in total. The molecule has 10 heteroatoms. The fourth-order valence-electron chi connectivity index (χ4n) is 3.92. The average Bonchev–Trinajstić information content (AvgIpc) is 2.88. The van der Waals surface area contributed by atoms with Gasteiger partial charge in [0.15, 0.2) is 0 Å². The molecule has 1 aliphatic heterocycles. The van der Waals surface area contributed by atoms with Gasteiger partial charge in [0.25, 0.3) is 0 Å². The maximum absolute atomic E-state index is 14.4. The van der Waals surface area contributed by atoms with Gasteiger partial charge in [-0.25, -0.2) is 14.4 Å². The van der Waals surface area contributed by atoms with Gasteiger partial charge in [-0.05, 0) is 54.9 Å². The summed E-state index contributed by atoms with van der Waals surface area (Å²) in [6.45, 7) is 9.98. The van der Waals surface area contributed by atoms with E-state index in [4.69, 9.17) is 23.2 Å². The number of fused-ring (bicyclic) bond motifs is 1. The van der Waals surface area contributed by atoms with Gasteiger partial charge in [-0.3, -0.25) is 9.59 Å². The summed E-state index contributed by atoms with van der Waals surface area (Å²) in [5.41, 5.74) is 1.66. The topological polar surface area (TPSA) is 86.6 Å². The second-order valence-electron chi connectivity index (χ2n) is 8.00. The zero-order valence-electron chi connectivity index (χ0n) is 19.6. The van der Waals surface area contributed by atoms with Gasteiger partial charge in [0, 0.05) is 36.6 Å². The van der Waals surface area contributed by atoms with E-state index in [0.29, 0.717) is 58.3 Å². The number of carbonyl (C=O) groups excluding carboxylic acids is 2. The Hall–Kier alpha value is -3.33. The lowest BCUT2D eigenvalue weighted by molar-refractivity contribution is -0.126. The van der Waals surface area contributed by atoms with E-state index in [1.807, 2.05) is 6.92 Å². The zero-order chi connectivity index (χ0) is 26.4. The minimum absolute atomic E-state index is 0.0210. The molecule has 3 aromatic rings. The van der Waals surface area contributed by atoms with Crippen molar-refractivity contribution in [2.24, 2.45) is 0 Å². The van der Waals surface area contributed by atoms with Crippen LogP contribution in [0.15, 0.2) is 61.7 Å². The van der Waals surface area contributed by atoms with Crippen molar-refractivity contribution in [1.82, 2.24) is 14.9 Å². The molecule has 7 nitrogen and oxygen atoms in total. The third-order valence-electron chi connectivity index (χ3n) is 5.64. The van der Waals surface area contributed by atoms with E-state index in [1.165, 1.54) is 12.1 Å². The van der Waals surface area contributed by atoms with Gasteiger partial charge in [0.1, 0.15) is 11.6 Å². The van der Waals surface area contributed by atoms with Crippen LogP contribution < -0.4 is 4.90 Å². The lowest BCUT2D eigenvalue weighted by Crippen LogP contribution is -2.53. The number of carbonyl (C=O) groups is 2. The molecule has 1 saturated heterocycles. The Morgan fingerprint density at radius 3 is 2.47 bits per heavy atom. The summed E-state index contributed by atoms with van der Waals surface area (Å²) in [5.74, 6) is 0.117. The smallest absolute Gasteiger partial charge is 0.246 e. The molecule has 188 valence electrons. The molecule has 1 aliphatic rings. The Balaban J connectivity index is 0.000000658. The van der Waals surface area contributed by atoms with Crippen LogP contribution in [0.3, 0.4) is 0 Å².